The Morgan fingerprint density at radius 2 is 0.852 bits per heavy atom. The number of ketones is 2. The molecule has 0 amide bonds. The first-order valence-corrected chi connectivity index (χ1v) is 7.73. The molecule has 2 nitrogen and oxygen atoms in total. The van der Waals surface area contributed by atoms with E-state index in [9.17, 15) is 9.59 Å². The van der Waals surface area contributed by atoms with Crippen molar-refractivity contribution in [2.75, 3.05) is 0 Å². The van der Waals surface area contributed by atoms with Crippen LogP contribution in [0, 0.1) is 48.5 Å². The van der Waals surface area contributed by atoms with Crippen molar-refractivity contribution < 1.29 is 26.7 Å². The summed E-state index contributed by atoms with van der Waals surface area (Å²) in [7, 11) is 0. The van der Waals surface area contributed by atoms with Crippen LogP contribution in [0.15, 0.2) is 60.7 Å². The van der Waals surface area contributed by atoms with E-state index in [0.717, 1.165) is 0 Å². The first-order valence-electron chi connectivity index (χ1n) is 7.73. The van der Waals surface area contributed by atoms with Crippen molar-refractivity contribution in [1.82, 2.24) is 0 Å². The Balaban J connectivity index is 0.000000187. The van der Waals surface area contributed by atoms with Gasteiger partial charge >= 0.3 is 0 Å². The molecule has 0 spiro atoms. The first kappa shape index (κ1) is 20.3. The Bertz CT molecular complexity index is 857. The summed E-state index contributed by atoms with van der Waals surface area (Å²) in [5.41, 5.74) is 2.07. The number of carbonyl (C=O) groups is 2. The number of hydrogen-bond donors (Lipinski definition) is 0. The van der Waals surface area contributed by atoms with Crippen LogP contribution in [0.2, 0.25) is 0 Å². The van der Waals surface area contributed by atoms with Gasteiger partial charge in [-0.1, -0.05) is 36.4 Å². The van der Waals surface area contributed by atoms with Crippen molar-refractivity contribution >= 4 is 11.6 Å². The second kappa shape index (κ2) is 10.2. The molecule has 3 heteroatoms. The fourth-order valence-electron chi connectivity index (χ4n) is 2.13. The van der Waals surface area contributed by atoms with E-state index in [-0.39, 0.29) is 28.6 Å². The van der Waals surface area contributed by atoms with Gasteiger partial charge in [-0.05, 0) is 0 Å². The summed E-state index contributed by atoms with van der Waals surface area (Å²) in [6.45, 7) is 0. The van der Waals surface area contributed by atoms with Gasteiger partial charge in [-0.25, -0.2) is 0 Å². The molecular weight excluding hydrogens is 376 g/mol. The molecule has 0 aliphatic carbocycles. The Morgan fingerprint density at radius 3 is 1.15 bits per heavy atom. The fraction of sp³-hybridized carbons (Fsp3) is 0. The molecule has 0 N–H and O–H groups in total. The maximum absolute atomic E-state index is 11.6. The van der Waals surface area contributed by atoms with Crippen molar-refractivity contribution in [2.24, 2.45) is 0 Å². The van der Waals surface area contributed by atoms with Gasteiger partial charge in [-0.2, -0.15) is 24.3 Å². The van der Waals surface area contributed by atoms with Gasteiger partial charge in [0.25, 0.3) is 0 Å². The number of benzene rings is 2. The third-order valence-corrected chi connectivity index (χ3v) is 3.40. The Kier molecular flexibility index (Phi) is 7.69. The first-order chi connectivity index (χ1) is 12.8. The molecule has 0 unspecified atom stereocenters. The van der Waals surface area contributed by atoms with Gasteiger partial charge in [0, 0.05) is 17.1 Å². The molecule has 136 valence electrons. The van der Waals surface area contributed by atoms with Crippen LogP contribution in [-0.2, 0) is 17.1 Å². The molecule has 0 aliphatic rings. The van der Waals surface area contributed by atoms with Crippen LogP contribution in [-0.4, -0.2) is 11.6 Å². The molecular formula is C24H10FeO2-10. The predicted molar refractivity (Wildman–Crippen MR) is 94.5 cm³/mol. The zero-order valence-electron chi connectivity index (χ0n) is 13.9. The average molecular weight is 386 g/mol. The minimum absolute atomic E-state index is 0. The van der Waals surface area contributed by atoms with Crippen molar-refractivity contribution in [3.63, 3.8) is 0 Å². The van der Waals surface area contributed by atoms with E-state index in [1.807, 2.05) is 36.4 Å². The number of carbonyl (C=O) groups excluding carboxylic acids is 2. The van der Waals surface area contributed by atoms with Crippen molar-refractivity contribution in [3.05, 3.63) is 131 Å². The SMILES string of the molecule is O=C(c1ccccc1)[c-]1[c-][c-][c-][c-]1.O=C(c1ccccc1)[c-]1[c-][c-][c-][c-]1.[Fe]. The van der Waals surface area contributed by atoms with Gasteiger partial charge in [-0.3, -0.25) is 0 Å². The zero-order chi connectivity index (χ0) is 18.2. The normalized spacial score (nSPS) is 9.48. The molecule has 0 atom stereocenters. The summed E-state index contributed by atoms with van der Waals surface area (Å²) in [6.07, 6.45) is 0. The van der Waals surface area contributed by atoms with Crippen molar-refractivity contribution in [2.45, 2.75) is 0 Å². The van der Waals surface area contributed by atoms with Crippen LogP contribution in [0.25, 0.3) is 0 Å². The monoisotopic (exact) mass is 386 g/mol. The summed E-state index contributed by atoms with van der Waals surface area (Å²) in [6, 6.07) is 38.9. The second-order valence-electron chi connectivity index (χ2n) is 5.14. The summed E-state index contributed by atoms with van der Waals surface area (Å²) in [5.74, 6) is -0.170. The largest absolute Gasteiger partial charge is 0.750 e. The minimum Gasteiger partial charge on any atom is -0.750 e. The standard InChI is InChI=1S/2C12H5O.Fe/c2*13-12(11-8-4-5-9-11)10-6-2-1-3-7-10;/h2*1-3,6-7H;/q2*-5;. The summed E-state index contributed by atoms with van der Waals surface area (Å²) in [5, 5.41) is 0. The summed E-state index contributed by atoms with van der Waals surface area (Å²) >= 11 is 0. The molecule has 4 rings (SSSR count). The quantitative estimate of drug-likeness (QED) is 0.305. The number of rotatable bonds is 4. The predicted octanol–water partition coefficient (Wildman–Crippen LogP) is 3.67. The molecule has 0 aromatic heterocycles. The van der Waals surface area contributed by atoms with Crippen LogP contribution in [0.4, 0.5) is 0 Å². The van der Waals surface area contributed by atoms with E-state index in [2.05, 4.69) is 48.5 Å². The molecule has 0 heterocycles. The molecule has 0 bridgehead atoms. The molecule has 0 saturated heterocycles. The Morgan fingerprint density at radius 1 is 0.556 bits per heavy atom. The number of hydrogen-bond acceptors (Lipinski definition) is 2. The molecule has 0 radical (unpaired) electrons. The third kappa shape index (κ3) is 5.49. The minimum atomic E-state index is -0.0851. The zero-order valence-corrected chi connectivity index (χ0v) is 15.0. The van der Waals surface area contributed by atoms with Gasteiger partial charge in [0.05, 0.1) is 0 Å². The van der Waals surface area contributed by atoms with E-state index >= 15 is 0 Å². The summed E-state index contributed by atoms with van der Waals surface area (Å²) < 4.78 is 0. The summed E-state index contributed by atoms with van der Waals surface area (Å²) in [4.78, 5) is 23.2. The molecule has 0 saturated carbocycles. The van der Waals surface area contributed by atoms with Crippen LogP contribution in [0.5, 0.6) is 0 Å². The van der Waals surface area contributed by atoms with Gasteiger partial charge in [0.1, 0.15) is 0 Å². The molecule has 0 fully saturated rings. The van der Waals surface area contributed by atoms with Crippen LogP contribution in [0.3, 0.4) is 0 Å². The average Bonchev–Trinajstić information content (AvgIpc) is 3.43. The van der Waals surface area contributed by atoms with Crippen LogP contribution < -0.4 is 0 Å². The van der Waals surface area contributed by atoms with Gasteiger partial charge < -0.3 is 91.9 Å². The Hall–Kier alpha value is -3.00. The van der Waals surface area contributed by atoms with Gasteiger partial charge in [0.2, 0.25) is 0 Å². The fourth-order valence-corrected chi connectivity index (χ4v) is 2.13. The maximum atomic E-state index is 11.6. The molecule has 27 heavy (non-hydrogen) atoms. The van der Waals surface area contributed by atoms with Gasteiger partial charge in [0.15, 0.2) is 0 Å². The van der Waals surface area contributed by atoms with Crippen LogP contribution in [0.1, 0.15) is 31.8 Å². The second-order valence-corrected chi connectivity index (χ2v) is 5.14. The van der Waals surface area contributed by atoms with Gasteiger partial charge in [-0.15, -0.1) is 0 Å². The maximum Gasteiger partial charge on any atom is 0 e. The topological polar surface area (TPSA) is 34.1 Å². The third-order valence-electron chi connectivity index (χ3n) is 3.40. The van der Waals surface area contributed by atoms with Crippen molar-refractivity contribution in [1.29, 1.82) is 0 Å². The molecule has 4 aromatic carbocycles. The van der Waals surface area contributed by atoms with E-state index in [4.69, 9.17) is 0 Å². The van der Waals surface area contributed by atoms with E-state index in [1.54, 1.807) is 24.3 Å². The van der Waals surface area contributed by atoms with Crippen LogP contribution >= 0.6 is 0 Å². The van der Waals surface area contributed by atoms with E-state index in [0.29, 0.717) is 22.3 Å². The van der Waals surface area contributed by atoms with E-state index in [1.165, 1.54) is 0 Å². The molecule has 0 aliphatic heterocycles. The van der Waals surface area contributed by atoms with Crippen molar-refractivity contribution in [3.8, 4) is 0 Å². The molecule has 4 aromatic rings. The van der Waals surface area contributed by atoms with E-state index < -0.39 is 0 Å². The Labute approximate surface area is 169 Å². The smallest absolute Gasteiger partial charge is 0 e.